The summed E-state index contributed by atoms with van der Waals surface area (Å²) in [5.41, 5.74) is 6.60. The third-order valence-electron chi connectivity index (χ3n) is 5.24. The lowest BCUT2D eigenvalue weighted by Crippen LogP contribution is -2.26. The highest BCUT2D eigenvalue weighted by atomic mass is 35.5. The molecule has 0 aliphatic carbocycles. The fraction of sp³-hybridized carbons (Fsp3) is 0.318. The molecule has 1 aliphatic heterocycles. The molecule has 2 aromatic heterocycles. The van der Waals surface area contributed by atoms with Crippen LogP contribution in [0, 0.1) is 5.92 Å². The number of fused-ring (bicyclic) bond motifs is 3. The maximum atomic E-state index is 6.31. The number of pyridine rings is 1. The Morgan fingerprint density at radius 2 is 1.96 bits per heavy atom. The fourth-order valence-corrected chi connectivity index (χ4v) is 4.06. The SMILES string of the molecule is CC(C)/C(=C\n1c2c(c3cc(Cl)ccc31)CN(C)CC2)c1ccncc1. The normalized spacial score (nSPS) is 15.7. The molecule has 0 unspecified atom stereocenters. The van der Waals surface area contributed by atoms with Gasteiger partial charge in [-0.3, -0.25) is 4.98 Å². The van der Waals surface area contributed by atoms with E-state index in [0.717, 1.165) is 24.5 Å². The van der Waals surface area contributed by atoms with E-state index in [1.54, 1.807) is 0 Å². The summed E-state index contributed by atoms with van der Waals surface area (Å²) in [6, 6.07) is 10.4. The highest BCUT2D eigenvalue weighted by Crippen LogP contribution is 2.34. The molecule has 0 atom stereocenters. The van der Waals surface area contributed by atoms with E-state index in [1.165, 1.54) is 33.3 Å². The number of likely N-dealkylation sites (N-methyl/N-ethyl adjacent to an activating group) is 1. The number of nitrogens with zero attached hydrogens (tertiary/aromatic N) is 3. The maximum Gasteiger partial charge on any atom is 0.0529 e. The fourth-order valence-electron chi connectivity index (χ4n) is 3.89. The minimum Gasteiger partial charge on any atom is -0.320 e. The number of rotatable bonds is 3. The molecule has 3 heterocycles. The molecule has 0 spiro atoms. The quantitative estimate of drug-likeness (QED) is 0.625. The van der Waals surface area contributed by atoms with Crippen LogP contribution in [-0.4, -0.2) is 28.0 Å². The van der Waals surface area contributed by atoms with Gasteiger partial charge in [0.1, 0.15) is 0 Å². The topological polar surface area (TPSA) is 21.1 Å². The molecule has 0 saturated carbocycles. The van der Waals surface area contributed by atoms with Crippen molar-refractivity contribution in [2.24, 2.45) is 5.92 Å². The zero-order valence-electron chi connectivity index (χ0n) is 15.5. The van der Waals surface area contributed by atoms with E-state index >= 15 is 0 Å². The van der Waals surface area contributed by atoms with Gasteiger partial charge in [-0.05, 0) is 60.0 Å². The van der Waals surface area contributed by atoms with E-state index in [2.05, 4.69) is 65.8 Å². The molecule has 0 saturated heterocycles. The van der Waals surface area contributed by atoms with Crippen molar-refractivity contribution in [2.75, 3.05) is 13.6 Å². The molecule has 134 valence electrons. The number of aromatic nitrogens is 2. The lowest BCUT2D eigenvalue weighted by molar-refractivity contribution is 0.312. The van der Waals surface area contributed by atoms with Crippen LogP contribution in [0.15, 0.2) is 42.7 Å². The van der Waals surface area contributed by atoms with Crippen molar-refractivity contribution in [3.63, 3.8) is 0 Å². The Morgan fingerprint density at radius 3 is 2.69 bits per heavy atom. The van der Waals surface area contributed by atoms with Crippen molar-refractivity contribution in [2.45, 2.75) is 26.8 Å². The number of benzene rings is 1. The molecule has 0 N–H and O–H groups in total. The Balaban J connectivity index is 1.96. The zero-order chi connectivity index (χ0) is 18.3. The molecule has 3 nitrogen and oxygen atoms in total. The molecule has 4 heteroatoms. The number of allylic oxidation sites excluding steroid dienone is 1. The Hall–Kier alpha value is -2.10. The van der Waals surface area contributed by atoms with Crippen LogP contribution in [0.2, 0.25) is 5.02 Å². The first-order valence-electron chi connectivity index (χ1n) is 9.16. The highest BCUT2D eigenvalue weighted by molar-refractivity contribution is 6.31. The molecule has 0 bridgehead atoms. The minimum absolute atomic E-state index is 0.420. The summed E-state index contributed by atoms with van der Waals surface area (Å²) in [4.78, 5) is 6.55. The van der Waals surface area contributed by atoms with Crippen LogP contribution >= 0.6 is 11.6 Å². The third kappa shape index (κ3) is 3.06. The summed E-state index contributed by atoms with van der Waals surface area (Å²) in [5.74, 6) is 0.420. The predicted octanol–water partition coefficient (Wildman–Crippen LogP) is 5.33. The molecule has 0 fully saturated rings. The van der Waals surface area contributed by atoms with Crippen LogP contribution in [0.4, 0.5) is 0 Å². The first-order chi connectivity index (χ1) is 12.5. The van der Waals surface area contributed by atoms with Crippen LogP contribution in [-0.2, 0) is 13.0 Å². The summed E-state index contributed by atoms with van der Waals surface area (Å²) in [5, 5.41) is 2.07. The summed E-state index contributed by atoms with van der Waals surface area (Å²) in [6.45, 7) is 6.54. The average molecular weight is 366 g/mol. The Labute approximate surface area is 159 Å². The Morgan fingerprint density at radius 1 is 1.19 bits per heavy atom. The van der Waals surface area contributed by atoms with Gasteiger partial charge >= 0.3 is 0 Å². The molecule has 3 aromatic rings. The van der Waals surface area contributed by atoms with E-state index in [1.807, 2.05) is 18.5 Å². The molecule has 0 amide bonds. The smallest absolute Gasteiger partial charge is 0.0529 e. The van der Waals surface area contributed by atoms with Crippen LogP contribution in [0.1, 0.15) is 30.7 Å². The van der Waals surface area contributed by atoms with Gasteiger partial charge in [0.05, 0.1) is 5.52 Å². The minimum atomic E-state index is 0.420. The van der Waals surface area contributed by atoms with Crippen LogP contribution in [0.3, 0.4) is 0 Å². The lowest BCUT2D eigenvalue weighted by atomic mass is 9.97. The largest absolute Gasteiger partial charge is 0.320 e. The molecule has 1 aliphatic rings. The Kier molecular flexibility index (Phi) is 4.60. The van der Waals surface area contributed by atoms with Gasteiger partial charge in [0.2, 0.25) is 0 Å². The van der Waals surface area contributed by atoms with Gasteiger partial charge in [-0.25, -0.2) is 0 Å². The van der Waals surface area contributed by atoms with Gasteiger partial charge < -0.3 is 9.47 Å². The van der Waals surface area contributed by atoms with Gasteiger partial charge in [0.25, 0.3) is 0 Å². The third-order valence-corrected chi connectivity index (χ3v) is 5.48. The van der Waals surface area contributed by atoms with Crippen molar-refractivity contribution in [1.29, 1.82) is 0 Å². The van der Waals surface area contributed by atoms with E-state index in [4.69, 9.17) is 11.6 Å². The number of halogens is 1. The first kappa shape index (κ1) is 17.3. The van der Waals surface area contributed by atoms with E-state index < -0.39 is 0 Å². The summed E-state index contributed by atoms with van der Waals surface area (Å²) < 4.78 is 2.39. The van der Waals surface area contributed by atoms with Gasteiger partial charge in [0.15, 0.2) is 0 Å². The Bertz CT molecular complexity index is 970. The van der Waals surface area contributed by atoms with Crippen molar-refractivity contribution in [1.82, 2.24) is 14.5 Å². The van der Waals surface area contributed by atoms with Gasteiger partial charge in [-0.15, -0.1) is 0 Å². The lowest BCUT2D eigenvalue weighted by Gasteiger charge is -2.24. The van der Waals surface area contributed by atoms with Crippen LogP contribution < -0.4 is 0 Å². The molecule has 4 rings (SSSR count). The van der Waals surface area contributed by atoms with E-state index in [0.29, 0.717) is 5.92 Å². The van der Waals surface area contributed by atoms with Gasteiger partial charge in [0, 0.05) is 54.2 Å². The highest BCUT2D eigenvalue weighted by Gasteiger charge is 2.22. The van der Waals surface area contributed by atoms with Crippen molar-refractivity contribution in [3.8, 4) is 0 Å². The summed E-state index contributed by atoms with van der Waals surface area (Å²) >= 11 is 6.31. The second-order valence-electron chi connectivity index (χ2n) is 7.42. The second-order valence-corrected chi connectivity index (χ2v) is 7.86. The number of hydrogen-bond acceptors (Lipinski definition) is 2. The summed E-state index contributed by atoms with van der Waals surface area (Å²) in [6.07, 6.45) is 7.10. The second kappa shape index (κ2) is 6.90. The van der Waals surface area contributed by atoms with E-state index in [9.17, 15) is 0 Å². The predicted molar refractivity (Wildman–Crippen MR) is 110 cm³/mol. The molecular formula is C22H24ClN3. The number of hydrogen-bond donors (Lipinski definition) is 0. The zero-order valence-corrected chi connectivity index (χ0v) is 16.3. The van der Waals surface area contributed by atoms with Crippen molar-refractivity contribution in [3.05, 3.63) is 64.6 Å². The first-order valence-corrected chi connectivity index (χ1v) is 9.54. The summed E-state index contributed by atoms with van der Waals surface area (Å²) in [7, 11) is 2.18. The molecule has 0 radical (unpaired) electrons. The maximum absolute atomic E-state index is 6.31. The monoisotopic (exact) mass is 365 g/mol. The molecule has 26 heavy (non-hydrogen) atoms. The average Bonchev–Trinajstić information content (AvgIpc) is 2.92. The van der Waals surface area contributed by atoms with Crippen molar-refractivity contribution < 1.29 is 0 Å². The van der Waals surface area contributed by atoms with Gasteiger partial charge in [-0.2, -0.15) is 0 Å². The van der Waals surface area contributed by atoms with Gasteiger partial charge in [-0.1, -0.05) is 25.4 Å². The molecular weight excluding hydrogens is 342 g/mol. The van der Waals surface area contributed by atoms with Crippen molar-refractivity contribution >= 4 is 34.3 Å². The van der Waals surface area contributed by atoms with E-state index in [-0.39, 0.29) is 0 Å². The van der Waals surface area contributed by atoms with Crippen LogP contribution in [0.25, 0.3) is 22.7 Å². The van der Waals surface area contributed by atoms with Crippen LogP contribution in [0.5, 0.6) is 0 Å². The standard InChI is InChI=1S/C22H24ClN3/c1-15(2)19(16-6-9-24-10-7-16)14-26-21-5-4-17(23)12-18(21)20-13-25(3)11-8-22(20)26/h4-7,9-10,12,14-15H,8,11,13H2,1-3H3/b19-14+. The molecule has 1 aromatic carbocycles.